The largest absolute Gasteiger partial charge is 0.481 e. The summed E-state index contributed by atoms with van der Waals surface area (Å²) in [6.45, 7) is 4.71. The molecule has 7 nitrogen and oxygen atoms in total. The zero-order valence-corrected chi connectivity index (χ0v) is 19.7. The van der Waals surface area contributed by atoms with Crippen molar-refractivity contribution >= 4 is 18.0 Å². The van der Waals surface area contributed by atoms with Crippen molar-refractivity contribution in [3.63, 3.8) is 0 Å². The molecule has 35 heavy (non-hydrogen) atoms. The number of carboxylic acid groups (broad SMARTS) is 1. The van der Waals surface area contributed by atoms with Gasteiger partial charge in [0.2, 0.25) is 5.91 Å². The summed E-state index contributed by atoms with van der Waals surface area (Å²) in [6.07, 6.45) is -0.804. The van der Waals surface area contributed by atoms with Gasteiger partial charge in [-0.1, -0.05) is 69.3 Å². The monoisotopic (exact) mass is 486 g/mol. The molecule has 0 spiro atoms. The van der Waals surface area contributed by atoms with Crippen molar-refractivity contribution in [3.05, 3.63) is 59.7 Å². The van der Waals surface area contributed by atoms with Gasteiger partial charge in [-0.3, -0.25) is 9.59 Å². The van der Waals surface area contributed by atoms with Crippen LogP contribution in [-0.4, -0.2) is 48.2 Å². The Hall–Kier alpha value is -3.49. The maximum absolute atomic E-state index is 13.6. The van der Waals surface area contributed by atoms with Crippen molar-refractivity contribution in [2.24, 2.45) is 17.3 Å². The second-order valence-electron chi connectivity index (χ2n) is 10.1. The van der Waals surface area contributed by atoms with Gasteiger partial charge in [0.05, 0.1) is 5.92 Å². The van der Waals surface area contributed by atoms with Gasteiger partial charge in [0.15, 0.2) is 0 Å². The maximum atomic E-state index is 13.6. The number of hydrogen-bond acceptors (Lipinski definition) is 4. The molecule has 1 unspecified atom stereocenters. The van der Waals surface area contributed by atoms with Crippen LogP contribution >= 0.6 is 0 Å². The molecule has 0 heterocycles. The Balaban J connectivity index is 1.38. The van der Waals surface area contributed by atoms with Crippen LogP contribution in [-0.2, 0) is 14.3 Å². The summed E-state index contributed by atoms with van der Waals surface area (Å²) in [5.41, 5.74) is 3.50. The molecule has 1 saturated carbocycles. The molecular formula is C26H28F2N2O5. The number of carboxylic acids is 1. The Kier molecular flexibility index (Phi) is 6.29. The summed E-state index contributed by atoms with van der Waals surface area (Å²) >= 11 is 0. The van der Waals surface area contributed by atoms with Crippen LogP contribution in [0.4, 0.5) is 13.6 Å². The van der Waals surface area contributed by atoms with E-state index < -0.39 is 53.7 Å². The number of alkyl carbamates (subject to hydrolysis) is 1. The molecule has 2 aliphatic carbocycles. The number of hydrogen-bond donors (Lipinski definition) is 3. The first-order chi connectivity index (χ1) is 16.4. The number of alkyl halides is 2. The predicted octanol–water partition coefficient (Wildman–Crippen LogP) is 4.02. The number of nitrogens with one attached hydrogen (secondary N) is 2. The summed E-state index contributed by atoms with van der Waals surface area (Å²) in [5.74, 6) is -9.09. The molecule has 2 amide bonds. The van der Waals surface area contributed by atoms with Crippen molar-refractivity contribution < 1.29 is 33.0 Å². The minimum atomic E-state index is -3.36. The van der Waals surface area contributed by atoms with Gasteiger partial charge in [-0.2, -0.15) is 0 Å². The molecule has 2 aromatic rings. The summed E-state index contributed by atoms with van der Waals surface area (Å²) in [4.78, 5) is 36.4. The fraction of sp³-hybridized carbons (Fsp3) is 0.423. The first-order valence-corrected chi connectivity index (χ1v) is 11.4. The van der Waals surface area contributed by atoms with Gasteiger partial charge in [-0.05, 0) is 27.7 Å². The van der Waals surface area contributed by atoms with E-state index >= 15 is 0 Å². The van der Waals surface area contributed by atoms with Crippen LogP contribution in [0.3, 0.4) is 0 Å². The normalized spacial score (nSPS) is 20.8. The Morgan fingerprint density at radius 1 is 1.03 bits per heavy atom. The van der Waals surface area contributed by atoms with Gasteiger partial charge in [0.25, 0.3) is 5.92 Å². The number of benzene rings is 2. The Morgan fingerprint density at radius 3 is 2.06 bits per heavy atom. The third-order valence-corrected chi connectivity index (χ3v) is 6.70. The molecule has 2 aromatic carbocycles. The van der Waals surface area contributed by atoms with Gasteiger partial charge < -0.3 is 20.5 Å². The molecule has 0 saturated heterocycles. The van der Waals surface area contributed by atoms with Crippen LogP contribution in [0.2, 0.25) is 0 Å². The quantitative estimate of drug-likeness (QED) is 0.548. The lowest BCUT2D eigenvalue weighted by Gasteiger charge is -2.30. The molecule has 0 radical (unpaired) electrons. The summed E-state index contributed by atoms with van der Waals surface area (Å²) in [7, 11) is 0. The second kappa shape index (κ2) is 8.94. The fourth-order valence-corrected chi connectivity index (χ4v) is 4.73. The van der Waals surface area contributed by atoms with E-state index in [4.69, 9.17) is 9.84 Å². The molecular weight excluding hydrogens is 458 g/mol. The smallest absolute Gasteiger partial charge is 0.407 e. The van der Waals surface area contributed by atoms with Crippen LogP contribution in [0.5, 0.6) is 0 Å². The molecule has 0 bridgehead atoms. The van der Waals surface area contributed by atoms with E-state index in [-0.39, 0.29) is 12.5 Å². The number of carbonyl (C=O) groups is 3. The van der Waals surface area contributed by atoms with E-state index in [2.05, 4.69) is 10.6 Å². The number of fused-ring (bicyclic) bond motifs is 3. The van der Waals surface area contributed by atoms with E-state index in [1.54, 1.807) is 20.8 Å². The van der Waals surface area contributed by atoms with E-state index in [0.29, 0.717) is 0 Å². The van der Waals surface area contributed by atoms with Crippen LogP contribution < -0.4 is 10.6 Å². The molecule has 4 rings (SSSR count). The number of ether oxygens (including phenoxy) is 1. The maximum Gasteiger partial charge on any atom is 0.407 e. The van der Waals surface area contributed by atoms with Crippen molar-refractivity contribution in [1.29, 1.82) is 0 Å². The van der Waals surface area contributed by atoms with Crippen LogP contribution in [0.15, 0.2) is 48.5 Å². The van der Waals surface area contributed by atoms with Gasteiger partial charge in [0, 0.05) is 12.5 Å². The van der Waals surface area contributed by atoms with Crippen molar-refractivity contribution in [1.82, 2.24) is 10.6 Å². The van der Waals surface area contributed by atoms with E-state index in [9.17, 15) is 23.2 Å². The summed E-state index contributed by atoms with van der Waals surface area (Å²) < 4.78 is 32.8. The summed E-state index contributed by atoms with van der Waals surface area (Å²) in [5, 5.41) is 13.8. The molecule has 1 fully saturated rings. The zero-order chi connectivity index (χ0) is 25.5. The zero-order valence-electron chi connectivity index (χ0n) is 19.7. The highest BCUT2D eigenvalue weighted by Crippen LogP contribution is 2.55. The lowest BCUT2D eigenvalue weighted by molar-refractivity contribution is -0.141. The highest BCUT2D eigenvalue weighted by atomic mass is 19.3. The van der Waals surface area contributed by atoms with Crippen LogP contribution in [0.1, 0.15) is 37.8 Å². The number of aliphatic carboxylic acids is 1. The topological polar surface area (TPSA) is 105 Å². The minimum Gasteiger partial charge on any atom is -0.481 e. The molecule has 9 heteroatoms. The van der Waals surface area contributed by atoms with Gasteiger partial charge in [-0.15, -0.1) is 0 Å². The molecule has 186 valence electrons. The fourth-order valence-electron chi connectivity index (χ4n) is 4.73. The van der Waals surface area contributed by atoms with Crippen molar-refractivity contribution in [2.45, 2.75) is 38.7 Å². The third kappa shape index (κ3) is 4.72. The summed E-state index contributed by atoms with van der Waals surface area (Å²) in [6, 6.07) is 14.7. The van der Waals surface area contributed by atoms with Gasteiger partial charge in [-0.25, -0.2) is 13.6 Å². The van der Waals surface area contributed by atoms with Crippen molar-refractivity contribution in [3.8, 4) is 11.1 Å². The molecule has 2 aliphatic rings. The van der Waals surface area contributed by atoms with E-state index in [1.165, 1.54) is 0 Å². The molecule has 0 aliphatic heterocycles. The average Bonchev–Trinajstić information content (AvgIpc) is 3.21. The average molecular weight is 487 g/mol. The third-order valence-electron chi connectivity index (χ3n) is 6.70. The standard InChI is InChI=1S/C26H28F2N2O5/c1-25(2,3)21(22(31)29-12-19-20(23(32)33)26(19,27)28)30-24(34)35-13-18-16-10-6-4-8-14(16)15-9-5-7-11-17(15)18/h4-11,18-21H,12-13H2,1-3H3,(H,29,31)(H,30,34)(H,32,33)/t19-,20-,21?/m1/s1. The first-order valence-electron chi connectivity index (χ1n) is 11.4. The highest BCUT2D eigenvalue weighted by molar-refractivity contribution is 5.87. The lowest BCUT2D eigenvalue weighted by Crippen LogP contribution is -2.54. The Bertz CT molecular complexity index is 1110. The number of rotatable bonds is 7. The molecule has 3 atom stereocenters. The van der Waals surface area contributed by atoms with Gasteiger partial charge in [0.1, 0.15) is 18.6 Å². The lowest BCUT2D eigenvalue weighted by atomic mass is 9.86. The number of carbonyl (C=O) groups excluding carboxylic acids is 2. The first kappa shape index (κ1) is 24.6. The van der Waals surface area contributed by atoms with Gasteiger partial charge >= 0.3 is 12.1 Å². The van der Waals surface area contributed by atoms with E-state index in [1.807, 2.05) is 48.5 Å². The minimum absolute atomic E-state index is 0.0624. The second-order valence-corrected chi connectivity index (χ2v) is 10.1. The SMILES string of the molecule is CC(C)(C)C(NC(=O)OCC1c2ccccc2-c2ccccc21)C(=O)NC[C@@H]1[C@H](C(=O)O)C1(F)F. The number of amides is 2. The molecule has 3 N–H and O–H groups in total. The van der Waals surface area contributed by atoms with Crippen molar-refractivity contribution in [2.75, 3.05) is 13.2 Å². The number of halogens is 2. The van der Waals surface area contributed by atoms with Crippen LogP contribution in [0.25, 0.3) is 11.1 Å². The predicted molar refractivity (Wildman–Crippen MR) is 124 cm³/mol. The Labute approximate surface area is 201 Å². The Morgan fingerprint density at radius 2 is 1.57 bits per heavy atom. The van der Waals surface area contributed by atoms with Crippen LogP contribution in [0, 0.1) is 17.3 Å². The highest BCUT2D eigenvalue weighted by Gasteiger charge is 2.72. The van der Waals surface area contributed by atoms with E-state index in [0.717, 1.165) is 22.3 Å². The molecule has 0 aromatic heterocycles.